The van der Waals surface area contributed by atoms with E-state index in [4.69, 9.17) is 4.74 Å². The molecule has 1 aliphatic heterocycles. The maximum absolute atomic E-state index is 12.2. The molecule has 2 heterocycles. The Hall–Kier alpha value is -2.56. The van der Waals surface area contributed by atoms with E-state index in [9.17, 15) is 14.4 Å². The Morgan fingerprint density at radius 3 is 2.90 bits per heavy atom. The van der Waals surface area contributed by atoms with Crippen molar-refractivity contribution in [2.75, 3.05) is 18.2 Å². The van der Waals surface area contributed by atoms with Gasteiger partial charge in [0.05, 0.1) is 19.4 Å². The summed E-state index contributed by atoms with van der Waals surface area (Å²) in [5.41, 5.74) is 0.207. The van der Waals surface area contributed by atoms with Crippen molar-refractivity contribution in [3.05, 3.63) is 46.7 Å². The first kappa shape index (κ1) is 22.1. The van der Waals surface area contributed by atoms with Crippen LogP contribution in [0, 0.1) is 0 Å². The Morgan fingerprint density at radius 2 is 2.13 bits per heavy atom. The van der Waals surface area contributed by atoms with Gasteiger partial charge in [0.15, 0.2) is 0 Å². The highest BCUT2D eigenvalue weighted by molar-refractivity contribution is 8.00. The molecule has 1 aromatic heterocycles. The SMILES string of the molecule is COc1cccc(NC(=O)CSC2NC(=O)CC(CC(=O)NCc3cccs3)N2)c1. The fraction of sp³-hybridized carbons (Fsp3) is 0.350. The van der Waals surface area contributed by atoms with Gasteiger partial charge in [0.1, 0.15) is 11.2 Å². The second kappa shape index (κ2) is 11.0. The van der Waals surface area contributed by atoms with Gasteiger partial charge in [-0.3, -0.25) is 19.7 Å². The molecule has 1 saturated heterocycles. The number of benzene rings is 1. The standard InChI is InChI=1S/C20H24N4O4S2/c1-28-15-5-2-4-13(8-15)22-19(27)12-30-20-23-14(10-18(26)24-20)9-17(25)21-11-16-6-3-7-29-16/h2-8,14,20,23H,9-12H2,1H3,(H,21,25)(H,22,27)(H,24,26). The second-order valence-electron chi connectivity index (χ2n) is 6.67. The van der Waals surface area contributed by atoms with Crippen LogP contribution in [-0.4, -0.2) is 42.1 Å². The first-order chi connectivity index (χ1) is 14.5. The van der Waals surface area contributed by atoms with Crippen molar-refractivity contribution >= 4 is 46.5 Å². The lowest BCUT2D eigenvalue weighted by Crippen LogP contribution is -2.56. The van der Waals surface area contributed by atoms with Crippen LogP contribution in [0.25, 0.3) is 0 Å². The highest BCUT2D eigenvalue weighted by Crippen LogP contribution is 2.18. The molecule has 0 radical (unpaired) electrons. The van der Waals surface area contributed by atoms with E-state index in [1.807, 2.05) is 17.5 Å². The molecule has 0 bridgehead atoms. The van der Waals surface area contributed by atoms with Gasteiger partial charge in [-0.05, 0) is 23.6 Å². The van der Waals surface area contributed by atoms with Crippen molar-refractivity contribution in [2.24, 2.45) is 0 Å². The van der Waals surface area contributed by atoms with E-state index in [0.717, 1.165) is 4.88 Å². The number of ether oxygens (including phenoxy) is 1. The zero-order valence-electron chi connectivity index (χ0n) is 16.5. The summed E-state index contributed by atoms with van der Waals surface area (Å²) in [7, 11) is 1.56. The summed E-state index contributed by atoms with van der Waals surface area (Å²) < 4.78 is 5.14. The smallest absolute Gasteiger partial charge is 0.234 e. The van der Waals surface area contributed by atoms with E-state index in [-0.39, 0.29) is 42.4 Å². The number of carbonyl (C=O) groups is 3. The van der Waals surface area contributed by atoms with Crippen LogP contribution in [0.1, 0.15) is 17.7 Å². The van der Waals surface area contributed by atoms with Crippen LogP contribution in [0.3, 0.4) is 0 Å². The van der Waals surface area contributed by atoms with Gasteiger partial charge in [0.2, 0.25) is 17.7 Å². The van der Waals surface area contributed by atoms with E-state index >= 15 is 0 Å². The molecule has 3 rings (SSSR count). The van der Waals surface area contributed by atoms with Crippen LogP contribution in [-0.2, 0) is 20.9 Å². The third-order valence-electron chi connectivity index (χ3n) is 4.32. The van der Waals surface area contributed by atoms with Crippen molar-refractivity contribution in [2.45, 2.75) is 30.9 Å². The van der Waals surface area contributed by atoms with Gasteiger partial charge in [0, 0.05) is 35.5 Å². The van der Waals surface area contributed by atoms with E-state index in [1.54, 1.807) is 42.7 Å². The summed E-state index contributed by atoms with van der Waals surface area (Å²) in [4.78, 5) is 37.5. The maximum Gasteiger partial charge on any atom is 0.234 e. The quantitative estimate of drug-likeness (QED) is 0.467. The summed E-state index contributed by atoms with van der Waals surface area (Å²) in [5.74, 6) is 0.347. The lowest BCUT2D eigenvalue weighted by atomic mass is 10.1. The van der Waals surface area contributed by atoms with Gasteiger partial charge in [0.25, 0.3) is 0 Å². The molecule has 3 amide bonds. The minimum absolute atomic E-state index is 0.116. The number of anilines is 1. The van der Waals surface area contributed by atoms with Gasteiger partial charge in [-0.1, -0.05) is 12.1 Å². The van der Waals surface area contributed by atoms with Crippen LogP contribution >= 0.6 is 23.1 Å². The first-order valence-corrected chi connectivity index (χ1v) is 11.3. The number of rotatable bonds is 9. The number of thioether (sulfide) groups is 1. The molecule has 160 valence electrons. The molecular formula is C20H24N4O4S2. The monoisotopic (exact) mass is 448 g/mol. The van der Waals surface area contributed by atoms with E-state index in [0.29, 0.717) is 18.0 Å². The molecule has 0 aliphatic carbocycles. The van der Waals surface area contributed by atoms with Gasteiger partial charge >= 0.3 is 0 Å². The summed E-state index contributed by atoms with van der Waals surface area (Å²) >= 11 is 2.85. The molecular weight excluding hydrogens is 424 g/mol. The Balaban J connectivity index is 1.42. The average Bonchev–Trinajstić information content (AvgIpc) is 3.24. The van der Waals surface area contributed by atoms with Crippen molar-refractivity contribution in [1.82, 2.24) is 16.0 Å². The Kier molecular flexibility index (Phi) is 8.12. The Morgan fingerprint density at radius 1 is 1.27 bits per heavy atom. The molecule has 30 heavy (non-hydrogen) atoms. The van der Waals surface area contributed by atoms with Crippen molar-refractivity contribution < 1.29 is 19.1 Å². The van der Waals surface area contributed by atoms with Gasteiger partial charge in [-0.2, -0.15) is 0 Å². The lowest BCUT2D eigenvalue weighted by Gasteiger charge is -2.30. The number of amides is 3. The number of hydrogen-bond acceptors (Lipinski definition) is 7. The first-order valence-electron chi connectivity index (χ1n) is 9.42. The van der Waals surface area contributed by atoms with Crippen LogP contribution in [0.15, 0.2) is 41.8 Å². The highest BCUT2D eigenvalue weighted by atomic mass is 32.2. The second-order valence-corrected chi connectivity index (χ2v) is 8.79. The molecule has 2 aromatic rings. The number of hydrogen-bond donors (Lipinski definition) is 4. The minimum Gasteiger partial charge on any atom is -0.497 e. The topological polar surface area (TPSA) is 109 Å². The zero-order chi connectivity index (χ0) is 21.3. The van der Waals surface area contributed by atoms with Crippen LogP contribution < -0.4 is 26.0 Å². The zero-order valence-corrected chi connectivity index (χ0v) is 18.1. The molecule has 2 unspecified atom stereocenters. The molecule has 10 heteroatoms. The van der Waals surface area contributed by atoms with Crippen molar-refractivity contribution in [1.29, 1.82) is 0 Å². The van der Waals surface area contributed by atoms with Crippen LogP contribution in [0.4, 0.5) is 5.69 Å². The van der Waals surface area contributed by atoms with Crippen LogP contribution in [0.5, 0.6) is 5.75 Å². The van der Waals surface area contributed by atoms with E-state index < -0.39 is 5.50 Å². The van der Waals surface area contributed by atoms with Crippen molar-refractivity contribution in [3.63, 3.8) is 0 Å². The Bertz CT molecular complexity index is 875. The summed E-state index contributed by atoms with van der Waals surface area (Å²) in [5, 5.41) is 13.6. The minimum atomic E-state index is -0.433. The lowest BCUT2D eigenvalue weighted by molar-refractivity contribution is -0.125. The fourth-order valence-corrected chi connectivity index (χ4v) is 4.45. The number of methoxy groups -OCH3 is 1. The predicted octanol–water partition coefficient (Wildman–Crippen LogP) is 1.90. The molecule has 8 nitrogen and oxygen atoms in total. The molecule has 0 saturated carbocycles. The van der Waals surface area contributed by atoms with Crippen molar-refractivity contribution in [3.8, 4) is 5.75 Å². The number of nitrogens with one attached hydrogen (secondary N) is 4. The van der Waals surface area contributed by atoms with Gasteiger partial charge in [-0.25, -0.2) is 0 Å². The summed E-state index contributed by atoms with van der Waals surface area (Å²) in [6, 6.07) is 10.7. The molecule has 1 aliphatic rings. The third kappa shape index (κ3) is 7.05. The molecule has 1 fully saturated rings. The normalized spacial score (nSPS) is 18.4. The maximum atomic E-state index is 12.2. The largest absolute Gasteiger partial charge is 0.497 e. The third-order valence-corrected chi connectivity index (χ3v) is 6.21. The molecule has 1 aromatic carbocycles. The summed E-state index contributed by atoms with van der Waals surface area (Å²) in [6.07, 6.45) is 0.422. The molecule has 0 spiro atoms. The Labute approximate surface area is 183 Å². The fourth-order valence-electron chi connectivity index (χ4n) is 2.92. The molecule has 4 N–H and O–H groups in total. The predicted molar refractivity (Wildman–Crippen MR) is 118 cm³/mol. The van der Waals surface area contributed by atoms with Crippen LogP contribution in [0.2, 0.25) is 0 Å². The number of carbonyl (C=O) groups excluding carboxylic acids is 3. The molecule has 2 atom stereocenters. The number of thiophene rings is 1. The van der Waals surface area contributed by atoms with Gasteiger partial charge in [-0.15, -0.1) is 23.1 Å². The summed E-state index contributed by atoms with van der Waals surface area (Å²) in [6.45, 7) is 0.484. The van der Waals surface area contributed by atoms with Gasteiger partial charge < -0.3 is 20.7 Å². The highest BCUT2D eigenvalue weighted by Gasteiger charge is 2.28. The van der Waals surface area contributed by atoms with E-state index in [1.165, 1.54) is 11.8 Å². The average molecular weight is 449 g/mol. The van der Waals surface area contributed by atoms with E-state index in [2.05, 4.69) is 21.3 Å².